The first-order valence-electron chi connectivity index (χ1n) is 8.51. The zero-order valence-corrected chi connectivity index (χ0v) is 14.3. The maximum Gasteiger partial charge on any atom is 0.415 e. The molecule has 0 bridgehead atoms. The van der Waals surface area contributed by atoms with E-state index < -0.39 is 6.09 Å². The number of quaternary nitrogens is 1. The predicted molar refractivity (Wildman–Crippen MR) is 93.6 cm³/mol. The zero-order valence-electron chi connectivity index (χ0n) is 14.3. The summed E-state index contributed by atoms with van der Waals surface area (Å²) < 4.78 is 6.83. The third kappa shape index (κ3) is 2.64. The summed E-state index contributed by atoms with van der Waals surface area (Å²) in [5.74, 6) is 0.0872. The largest absolute Gasteiger partial charge is 0.617 e. The second-order valence-corrected chi connectivity index (χ2v) is 6.51. The highest BCUT2D eigenvalue weighted by molar-refractivity contribution is 5.83. The highest BCUT2D eigenvalue weighted by Gasteiger charge is 2.28. The number of hydrogen-bond acceptors (Lipinski definition) is 4. The van der Waals surface area contributed by atoms with E-state index in [4.69, 9.17) is 4.74 Å². The van der Waals surface area contributed by atoms with Crippen molar-refractivity contribution < 1.29 is 23.9 Å². The third-order valence-corrected chi connectivity index (χ3v) is 4.79. The number of amides is 1. The summed E-state index contributed by atoms with van der Waals surface area (Å²) in [4.78, 5) is 15.5. The Morgan fingerprint density at radius 1 is 1.00 bits per heavy atom. The molecule has 1 fully saturated rings. The Labute approximate surface area is 149 Å². The van der Waals surface area contributed by atoms with Gasteiger partial charge in [-0.25, -0.2) is 4.79 Å². The molecule has 2 heterocycles. The molecule has 4 rings (SSSR count). The van der Waals surface area contributed by atoms with E-state index in [0.29, 0.717) is 22.6 Å². The molecular formula is C18H19N4O4+. The number of nitrogens with zero attached hydrogens (tertiary/aromatic N) is 3. The van der Waals surface area contributed by atoms with Gasteiger partial charge >= 0.3 is 11.6 Å². The number of hydrogen-bond donors (Lipinski definition) is 1. The van der Waals surface area contributed by atoms with Crippen LogP contribution in [0.25, 0.3) is 22.1 Å². The van der Waals surface area contributed by atoms with E-state index in [9.17, 15) is 15.2 Å². The average molecular weight is 355 g/mol. The number of carbonyl (C=O) groups excluding carboxylic acids is 1. The van der Waals surface area contributed by atoms with Gasteiger partial charge in [0, 0.05) is 18.2 Å². The number of benzene rings is 2. The number of carbonyl (C=O) groups is 1. The minimum absolute atomic E-state index is 0.0503. The lowest BCUT2D eigenvalue weighted by Crippen LogP contribution is -3.12. The molecule has 26 heavy (non-hydrogen) atoms. The Morgan fingerprint density at radius 2 is 1.62 bits per heavy atom. The van der Waals surface area contributed by atoms with Crippen LogP contribution in [-0.2, 0) is 0 Å². The standard InChI is InChI=1S/C18H18N4O4/c1-19-9-11-20(12-10-19)18(23)26-16-8-4-7-15-17(16)22(25)14-6-3-2-5-13(14)21(15)24/h2-8H,9-12H2,1H3/p+1. The van der Waals surface area contributed by atoms with Gasteiger partial charge in [0.05, 0.1) is 33.2 Å². The van der Waals surface area contributed by atoms with Crippen LogP contribution < -0.4 is 19.1 Å². The van der Waals surface area contributed by atoms with Crippen molar-refractivity contribution in [2.24, 2.45) is 0 Å². The number of para-hydroxylation sites is 3. The summed E-state index contributed by atoms with van der Waals surface area (Å²) in [5, 5.41) is 25.4. The molecule has 1 aliphatic rings. The maximum absolute atomic E-state index is 12.8. The Bertz CT molecular complexity index is 999. The summed E-state index contributed by atoms with van der Waals surface area (Å²) in [7, 11) is 2.08. The van der Waals surface area contributed by atoms with Crippen molar-refractivity contribution in [3.63, 3.8) is 0 Å². The van der Waals surface area contributed by atoms with Gasteiger partial charge in [-0.2, -0.15) is 9.46 Å². The second kappa shape index (κ2) is 6.30. The van der Waals surface area contributed by atoms with E-state index in [1.807, 2.05) is 0 Å². The highest BCUT2D eigenvalue weighted by atomic mass is 16.6. The molecule has 3 aromatic rings. The summed E-state index contributed by atoms with van der Waals surface area (Å²) in [6.45, 7) is 2.88. The summed E-state index contributed by atoms with van der Waals surface area (Å²) in [6.07, 6.45) is -0.504. The number of fused-ring (bicyclic) bond motifs is 2. The number of likely N-dealkylation sites (N-methyl/N-ethyl adjacent to an activating group) is 1. The monoisotopic (exact) mass is 355 g/mol. The van der Waals surface area contributed by atoms with Gasteiger partial charge in [0.15, 0.2) is 0 Å². The highest BCUT2D eigenvalue weighted by Crippen LogP contribution is 2.23. The van der Waals surface area contributed by atoms with Gasteiger partial charge in [0.25, 0.3) is 16.6 Å². The number of nitrogens with one attached hydrogen (secondary N) is 1. The van der Waals surface area contributed by atoms with E-state index in [1.54, 1.807) is 41.3 Å². The first-order valence-corrected chi connectivity index (χ1v) is 8.51. The van der Waals surface area contributed by atoms with E-state index in [2.05, 4.69) is 7.05 Å². The number of piperazine rings is 1. The normalized spacial score (nSPS) is 15.5. The fourth-order valence-corrected chi connectivity index (χ4v) is 3.25. The van der Waals surface area contributed by atoms with E-state index >= 15 is 0 Å². The first kappa shape index (κ1) is 16.3. The molecule has 0 radical (unpaired) electrons. The maximum atomic E-state index is 12.8. The molecule has 2 aromatic carbocycles. The van der Waals surface area contributed by atoms with Crippen molar-refractivity contribution in [1.29, 1.82) is 0 Å². The molecular weight excluding hydrogens is 336 g/mol. The molecule has 1 aromatic heterocycles. The molecule has 0 unspecified atom stereocenters. The molecule has 0 saturated carbocycles. The van der Waals surface area contributed by atoms with E-state index in [1.165, 1.54) is 11.0 Å². The van der Waals surface area contributed by atoms with Crippen LogP contribution in [0.15, 0.2) is 42.5 Å². The third-order valence-electron chi connectivity index (χ3n) is 4.79. The Hall–Kier alpha value is -3.13. The fourth-order valence-electron chi connectivity index (χ4n) is 3.25. The predicted octanol–water partition coefficient (Wildman–Crippen LogP) is -0.411. The smallest absolute Gasteiger partial charge is 0.415 e. The van der Waals surface area contributed by atoms with Crippen LogP contribution in [0.2, 0.25) is 0 Å². The molecule has 1 amide bonds. The van der Waals surface area contributed by atoms with Gasteiger partial charge in [-0.15, -0.1) is 0 Å². The summed E-state index contributed by atoms with van der Waals surface area (Å²) >= 11 is 0. The Balaban J connectivity index is 1.77. The van der Waals surface area contributed by atoms with E-state index in [0.717, 1.165) is 13.1 Å². The number of aromatic nitrogens is 2. The van der Waals surface area contributed by atoms with Crippen molar-refractivity contribution in [1.82, 2.24) is 4.90 Å². The molecule has 0 aliphatic carbocycles. The second-order valence-electron chi connectivity index (χ2n) is 6.51. The summed E-state index contributed by atoms with van der Waals surface area (Å²) in [5.41, 5.74) is 0.698. The lowest BCUT2D eigenvalue weighted by molar-refractivity contribution is -0.883. The Kier molecular flexibility index (Phi) is 3.96. The van der Waals surface area contributed by atoms with Gasteiger partial charge in [0.1, 0.15) is 0 Å². The Morgan fingerprint density at radius 3 is 2.31 bits per heavy atom. The van der Waals surface area contributed by atoms with Gasteiger partial charge in [-0.1, -0.05) is 18.2 Å². The molecule has 1 saturated heterocycles. The molecule has 8 heteroatoms. The average Bonchev–Trinajstić information content (AvgIpc) is 2.66. The number of ether oxygens (including phenoxy) is 1. The number of rotatable bonds is 1. The van der Waals surface area contributed by atoms with Crippen molar-refractivity contribution in [3.8, 4) is 5.75 Å². The lowest BCUT2D eigenvalue weighted by Gasteiger charge is -2.29. The SMILES string of the molecule is C[NH+]1CCN(C(=O)Oc2cccc3c2[n+]([O-])c2ccccc2[n+]3[O-])CC1. The summed E-state index contributed by atoms with van der Waals surface area (Å²) in [6, 6.07) is 11.2. The quantitative estimate of drug-likeness (QED) is 0.365. The van der Waals surface area contributed by atoms with Gasteiger partial charge in [0.2, 0.25) is 5.75 Å². The molecule has 134 valence electrons. The minimum Gasteiger partial charge on any atom is -0.617 e. The van der Waals surface area contributed by atoms with Crippen molar-refractivity contribution in [2.45, 2.75) is 0 Å². The van der Waals surface area contributed by atoms with Gasteiger partial charge in [-0.05, 0) is 6.07 Å². The van der Waals surface area contributed by atoms with Crippen molar-refractivity contribution >= 4 is 28.2 Å². The molecule has 8 nitrogen and oxygen atoms in total. The van der Waals surface area contributed by atoms with Crippen LogP contribution in [0.4, 0.5) is 4.79 Å². The molecule has 0 atom stereocenters. The van der Waals surface area contributed by atoms with Crippen LogP contribution in [-0.4, -0.2) is 44.2 Å². The first-order chi connectivity index (χ1) is 12.6. The van der Waals surface area contributed by atoms with Gasteiger partial charge in [-0.3, -0.25) is 4.90 Å². The molecule has 1 N–H and O–H groups in total. The van der Waals surface area contributed by atoms with Crippen molar-refractivity contribution in [3.05, 3.63) is 52.9 Å². The van der Waals surface area contributed by atoms with Crippen molar-refractivity contribution in [2.75, 3.05) is 33.2 Å². The lowest BCUT2D eigenvalue weighted by atomic mass is 10.2. The van der Waals surface area contributed by atoms with Crippen LogP contribution >= 0.6 is 0 Å². The van der Waals surface area contributed by atoms with Crippen LogP contribution in [0.3, 0.4) is 0 Å². The van der Waals surface area contributed by atoms with Crippen LogP contribution in [0, 0.1) is 10.4 Å². The van der Waals surface area contributed by atoms with Gasteiger partial charge < -0.3 is 20.1 Å². The van der Waals surface area contributed by atoms with Crippen LogP contribution in [0.1, 0.15) is 0 Å². The topological polar surface area (TPSA) is 87.9 Å². The zero-order chi connectivity index (χ0) is 18.3. The molecule has 0 spiro atoms. The minimum atomic E-state index is -0.504. The fraction of sp³-hybridized carbons (Fsp3) is 0.278. The van der Waals surface area contributed by atoms with E-state index in [-0.39, 0.29) is 27.8 Å². The van der Waals surface area contributed by atoms with Crippen LogP contribution in [0.5, 0.6) is 5.75 Å². The molecule has 1 aliphatic heterocycles.